The molecule has 2 aromatic carbocycles. The Morgan fingerprint density at radius 3 is 2.31 bits per heavy atom. The molecule has 1 aromatic heterocycles. The van der Waals surface area contributed by atoms with Crippen molar-refractivity contribution in [3.05, 3.63) is 76.9 Å². The van der Waals surface area contributed by atoms with E-state index in [0.29, 0.717) is 42.5 Å². The fraction of sp³-hybridized carbons (Fsp3) is 0.441. The molecule has 6 rings (SSSR count). The van der Waals surface area contributed by atoms with Crippen LogP contribution in [0.4, 0.5) is 21.7 Å². The van der Waals surface area contributed by atoms with Gasteiger partial charge in [-0.2, -0.15) is 0 Å². The third-order valence-corrected chi connectivity index (χ3v) is 9.21. The maximum Gasteiger partial charge on any atom is 0.271 e. The Morgan fingerprint density at radius 1 is 0.956 bits per heavy atom. The summed E-state index contributed by atoms with van der Waals surface area (Å²) in [5.74, 6) is 0.120. The van der Waals surface area contributed by atoms with Gasteiger partial charge in [-0.05, 0) is 99.4 Å². The minimum absolute atomic E-state index is 0.00718. The number of carbonyl (C=O) groups excluding carboxylic acids is 3. The number of Topliss-reactive ketones (excluding diaryl/α,β-unsaturated/α-hetero) is 1. The number of rotatable bonds is 10. The van der Waals surface area contributed by atoms with E-state index in [4.69, 9.17) is 5.73 Å². The lowest BCUT2D eigenvalue weighted by Crippen LogP contribution is -2.47. The predicted octanol–water partition coefficient (Wildman–Crippen LogP) is 4.97. The minimum atomic E-state index is -0.706. The van der Waals surface area contributed by atoms with Gasteiger partial charge in [-0.1, -0.05) is 6.07 Å². The summed E-state index contributed by atoms with van der Waals surface area (Å²) < 4.78 is 14.6. The van der Waals surface area contributed by atoms with Crippen molar-refractivity contribution in [3.8, 4) is 0 Å². The third kappa shape index (κ3) is 7.47. The van der Waals surface area contributed by atoms with Gasteiger partial charge in [0.15, 0.2) is 17.3 Å². The zero-order valence-electron chi connectivity index (χ0n) is 25.6. The fourth-order valence-electron chi connectivity index (χ4n) is 6.27. The molecule has 0 unspecified atom stereocenters. The van der Waals surface area contributed by atoms with E-state index in [1.165, 1.54) is 12.3 Å². The van der Waals surface area contributed by atoms with Gasteiger partial charge in [0.2, 0.25) is 0 Å². The largest absolute Gasteiger partial charge is 0.366 e. The first-order valence-corrected chi connectivity index (χ1v) is 15.8. The molecule has 236 valence electrons. The highest BCUT2D eigenvalue weighted by Crippen LogP contribution is 2.40. The molecule has 1 aliphatic heterocycles. The molecule has 0 bridgehead atoms. The SMILES string of the molecule is CN1CCN(C(=O)c2ccc(Nc3nc(NC4CCC(CC(=O)c5ccc(C6CC6)cc5F)CC4)cnc3C(N)=O)cc2)CC1. The monoisotopic (exact) mass is 613 g/mol. The van der Waals surface area contributed by atoms with Crippen LogP contribution in [0.1, 0.15) is 87.6 Å². The van der Waals surface area contributed by atoms with Crippen molar-refractivity contribution in [1.29, 1.82) is 0 Å². The number of benzene rings is 2. The van der Waals surface area contributed by atoms with Crippen LogP contribution in [-0.2, 0) is 0 Å². The third-order valence-electron chi connectivity index (χ3n) is 9.21. The molecular formula is C34H40FN7O3. The number of piperazine rings is 1. The maximum absolute atomic E-state index is 14.6. The molecule has 11 heteroatoms. The van der Waals surface area contributed by atoms with Crippen molar-refractivity contribution >= 4 is 34.9 Å². The normalized spacial score (nSPS) is 20.4. The van der Waals surface area contributed by atoms with Crippen LogP contribution in [0.5, 0.6) is 0 Å². The van der Waals surface area contributed by atoms with E-state index in [1.54, 1.807) is 30.3 Å². The van der Waals surface area contributed by atoms with E-state index in [-0.39, 0.29) is 40.7 Å². The van der Waals surface area contributed by atoms with E-state index in [2.05, 4.69) is 25.5 Å². The summed E-state index contributed by atoms with van der Waals surface area (Å²) >= 11 is 0. The van der Waals surface area contributed by atoms with Crippen molar-refractivity contribution in [1.82, 2.24) is 19.8 Å². The lowest BCUT2D eigenvalue weighted by molar-refractivity contribution is 0.0664. The summed E-state index contributed by atoms with van der Waals surface area (Å²) in [7, 11) is 2.05. The van der Waals surface area contributed by atoms with Gasteiger partial charge in [0.05, 0.1) is 11.8 Å². The number of halogens is 1. The summed E-state index contributed by atoms with van der Waals surface area (Å²) in [4.78, 5) is 50.8. The second kappa shape index (κ2) is 13.3. The molecule has 0 radical (unpaired) electrons. The zero-order valence-corrected chi connectivity index (χ0v) is 25.6. The number of nitrogens with two attached hydrogens (primary N) is 1. The highest BCUT2D eigenvalue weighted by molar-refractivity contribution is 5.97. The minimum Gasteiger partial charge on any atom is -0.366 e. The van der Waals surface area contributed by atoms with Crippen LogP contribution >= 0.6 is 0 Å². The van der Waals surface area contributed by atoms with Crippen LogP contribution < -0.4 is 16.4 Å². The van der Waals surface area contributed by atoms with Crippen LogP contribution in [0.2, 0.25) is 0 Å². The number of amides is 2. The van der Waals surface area contributed by atoms with Gasteiger partial charge in [-0.3, -0.25) is 14.4 Å². The molecular weight excluding hydrogens is 573 g/mol. The topological polar surface area (TPSA) is 134 Å². The Morgan fingerprint density at radius 2 is 1.67 bits per heavy atom. The standard InChI is InChI=1S/C34H40FN7O3/c1-41-14-16-42(17-15-41)34(45)23-6-11-26(12-7-23)39-33-31(32(36)44)37-20-30(40-33)38-25-9-2-21(3-10-25)18-29(43)27-13-8-24(19-28(27)35)22-4-5-22/h6-8,11-13,19-22,25H,2-5,9-10,14-18H2,1H3,(H2,36,44)(H2,38,39,40). The quantitative estimate of drug-likeness (QED) is 0.273. The van der Waals surface area contributed by atoms with Crippen molar-refractivity contribution in [2.75, 3.05) is 43.9 Å². The second-order valence-corrected chi connectivity index (χ2v) is 12.6. The van der Waals surface area contributed by atoms with Gasteiger partial charge in [-0.15, -0.1) is 0 Å². The van der Waals surface area contributed by atoms with E-state index in [1.807, 2.05) is 18.0 Å². The number of hydrogen-bond donors (Lipinski definition) is 3. The van der Waals surface area contributed by atoms with E-state index < -0.39 is 11.7 Å². The number of primary amides is 1. The number of aromatic nitrogens is 2. The van der Waals surface area contributed by atoms with Gasteiger partial charge in [0.1, 0.15) is 11.6 Å². The van der Waals surface area contributed by atoms with E-state index >= 15 is 0 Å². The highest BCUT2D eigenvalue weighted by Gasteiger charge is 2.28. The molecule has 0 spiro atoms. The molecule has 45 heavy (non-hydrogen) atoms. The number of nitrogens with zero attached hydrogens (tertiary/aromatic N) is 4. The molecule has 10 nitrogen and oxygen atoms in total. The van der Waals surface area contributed by atoms with Crippen LogP contribution in [0.3, 0.4) is 0 Å². The number of likely N-dealkylation sites (N-methyl/N-ethyl adjacent to an activating group) is 1. The summed E-state index contributed by atoms with van der Waals surface area (Å²) in [6, 6.07) is 12.2. The first-order chi connectivity index (χ1) is 21.7. The van der Waals surface area contributed by atoms with Crippen LogP contribution in [-0.4, -0.2) is 76.6 Å². The van der Waals surface area contributed by atoms with Crippen molar-refractivity contribution in [3.63, 3.8) is 0 Å². The number of anilines is 3. The van der Waals surface area contributed by atoms with Crippen molar-refractivity contribution < 1.29 is 18.8 Å². The fourth-order valence-corrected chi connectivity index (χ4v) is 6.27. The molecule has 3 fully saturated rings. The zero-order chi connectivity index (χ0) is 31.5. The molecule has 0 atom stereocenters. The van der Waals surface area contributed by atoms with Crippen LogP contribution in [0.25, 0.3) is 0 Å². The molecule has 1 saturated heterocycles. The molecule has 3 aromatic rings. The van der Waals surface area contributed by atoms with Crippen LogP contribution in [0.15, 0.2) is 48.7 Å². The average Bonchev–Trinajstić information content (AvgIpc) is 3.88. The van der Waals surface area contributed by atoms with Crippen LogP contribution in [0, 0.1) is 11.7 Å². The molecule has 2 aliphatic carbocycles. The molecule has 4 N–H and O–H groups in total. The van der Waals surface area contributed by atoms with Gasteiger partial charge < -0.3 is 26.2 Å². The first kappa shape index (κ1) is 30.6. The average molecular weight is 614 g/mol. The number of carbonyl (C=O) groups is 3. The lowest BCUT2D eigenvalue weighted by Gasteiger charge is -2.32. The van der Waals surface area contributed by atoms with Gasteiger partial charge in [-0.25, -0.2) is 14.4 Å². The Labute approximate surface area is 262 Å². The lowest BCUT2D eigenvalue weighted by atomic mass is 9.82. The van der Waals surface area contributed by atoms with Gasteiger partial charge >= 0.3 is 0 Å². The van der Waals surface area contributed by atoms with Gasteiger partial charge in [0.25, 0.3) is 11.8 Å². The molecule has 2 amide bonds. The molecule has 3 aliphatic rings. The Kier molecular flexibility index (Phi) is 9.07. The molecule has 2 heterocycles. The van der Waals surface area contributed by atoms with Gasteiger partial charge in [0, 0.05) is 49.9 Å². The van der Waals surface area contributed by atoms with Crippen molar-refractivity contribution in [2.24, 2.45) is 11.7 Å². The van der Waals surface area contributed by atoms with Crippen molar-refractivity contribution in [2.45, 2.75) is 56.9 Å². The predicted molar refractivity (Wildman–Crippen MR) is 170 cm³/mol. The first-order valence-electron chi connectivity index (χ1n) is 15.8. The summed E-state index contributed by atoms with van der Waals surface area (Å²) in [6.07, 6.45) is 7.34. The van der Waals surface area contributed by atoms with E-state index in [0.717, 1.165) is 57.2 Å². The second-order valence-electron chi connectivity index (χ2n) is 12.6. The number of ketones is 1. The Bertz CT molecular complexity index is 1560. The summed E-state index contributed by atoms with van der Waals surface area (Å²) in [6.45, 7) is 3.09. The van der Waals surface area contributed by atoms with E-state index in [9.17, 15) is 18.8 Å². The summed E-state index contributed by atoms with van der Waals surface area (Å²) in [5.41, 5.74) is 8.02. The maximum atomic E-state index is 14.6. The Hall–Kier alpha value is -4.38. The smallest absolute Gasteiger partial charge is 0.271 e. The molecule has 2 saturated carbocycles. The summed E-state index contributed by atoms with van der Waals surface area (Å²) in [5, 5.41) is 6.54. The number of hydrogen-bond acceptors (Lipinski definition) is 8. The highest BCUT2D eigenvalue weighted by atomic mass is 19.1. The Balaban J connectivity index is 1.04. The number of nitrogens with one attached hydrogen (secondary N) is 2.